The zero-order chi connectivity index (χ0) is 13.1. The van der Waals surface area contributed by atoms with Crippen molar-refractivity contribution < 1.29 is 4.74 Å². The Hall–Kier alpha value is -0.670. The molecule has 0 aliphatic heterocycles. The number of nitrogens with one attached hydrogen (secondary N) is 1. The second-order valence-electron chi connectivity index (χ2n) is 4.43. The molecule has 1 N–H and O–H groups in total. The standard InChI is InChI=1S/C15H25NOS/c1-17-15-9-7-14(8-10-15)13-16-11-5-3-4-6-12-18-2/h7-10,16H,3-6,11-13H2,1-2H3. The lowest BCUT2D eigenvalue weighted by Gasteiger charge is -2.06. The highest BCUT2D eigenvalue weighted by Gasteiger charge is 1.94. The fourth-order valence-corrected chi connectivity index (χ4v) is 2.32. The lowest BCUT2D eigenvalue weighted by Crippen LogP contribution is -2.14. The van der Waals surface area contributed by atoms with Crippen LogP contribution in [0.1, 0.15) is 31.2 Å². The van der Waals surface area contributed by atoms with Crippen LogP contribution in [0, 0.1) is 0 Å². The molecule has 102 valence electrons. The van der Waals surface area contributed by atoms with Crippen molar-refractivity contribution in [2.24, 2.45) is 0 Å². The molecule has 18 heavy (non-hydrogen) atoms. The van der Waals surface area contributed by atoms with Crippen molar-refractivity contribution >= 4 is 11.8 Å². The number of ether oxygens (including phenoxy) is 1. The summed E-state index contributed by atoms with van der Waals surface area (Å²) in [4.78, 5) is 0. The molecule has 0 spiro atoms. The summed E-state index contributed by atoms with van der Waals surface area (Å²) in [6.07, 6.45) is 7.53. The highest BCUT2D eigenvalue weighted by Crippen LogP contribution is 2.11. The monoisotopic (exact) mass is 267 g/mol. The Balaban J connectivity index is 2.00. The van der Waals surface area contributed by atoms with Crippen LogP contribution in [0.3, 0.4) is 0 Å². The SMILES string of the molecule is COc1ccc(CNCCCCCCSC)cc1. The summed E-state index contributed by atoms with van der Waals surface area (Å²) in [5.74, 6) is 2.23. The summed E-state index contributed by atoms with van der Waals surface area (Å²) >= 11 is 1.94. The fraction of sp³-hybridized carbons (Fsp3) is 0.600. The fourth-order valence-electron chi connectivity index (χ4n) is 1.83. The summed E-state index contributed by atoms with van der Waals surface area (Å²) in [7, 11) is 1.70. The molecule has 0 atom stereocenters. The Labute approximate surface area is 116 Å². The number of thioether (sulfide) groups is 1. The van der Waals surface area contributed by atoms with E-state index >= 15 is 0 Å². The van der Waals surface area contributed by atoms with Crippen LogP contribution in [-0.4, -0.2) is 25.7 Å². The summed E-state index contributed by atoms with van der Waals surface area (Å²) < 4.78 is 5.14. The smallest absolute Gasteiger partial charge is 0.118 e. The van der Waals surface area contributed by atoms with Gasteiger partial charge >= 0.3 is 0 Å². The second kappa shape index (κ2) is 10.3. The van der Waals surface area contributed by atoms with Gasteiger partial charge in [-0.05, 0) is 49.1 Å². The molecule has 0 amide bonds. The van der Waals surface area contributed by atoms with Gasteiger partial charge in [0.1, 0.15) is 5.75 Å². The van der Waals surface area contributed by atoms with E-state index in [0.717, 1.165) is 18.8 Å². The van der Waals surface area contributed by atoms with E-state index in [0.29, 0.717) is 0 Å². The van der Waals surface area contributed by atoms with Gasteiger partial charge in [0.15, 0.2) is 0 Å². The van der Waals surface area contributed by atoms with E-state index in [1.165, 1.54) is 37.0 Å². The number of methoxy groups -OCH3 is 1. The van der Waals surface area contributed by atoms with Crippen LogP contribution in [0.5, 0.6) is 5.75 Å². The molecule has 3 heteroatoms. The van der Waals surface area contributed by atoms with Crippen LogP contribution in [-0.2, 0) is 6.54 Å². The number of hydrogen-bond acceptors (Lipinski definition) is 3. The molecule has 2 nitrogen and oxygen atoms in total. The molecule has 0 radical (unpaired) electrons. The Morgan fingerprint density at radius 2 is 1.78 bits per heavy atom. The summed E-state index contributed by atoms with van der Waals surface area (Å²) in [5.41, 5.74) is 1.32. The van der Waals surface area contributed by atoms with Crippen molar-refractivity contribution in [2.45, 2.75) is 32.2 Å². The molecule has 0 saturated heterocycles. The number of unbranched alkanes of at least 4 members (excludes halogenated alkanes) is 3. The average Bonchev–Trinajstić information content (AvgIpc) is 2.42. The zero-order valence-corrected chi connectivity index (χ0v) is 12.4. The molecule has 0 aromatic heterocycles. The van der Waals surface area contributed by atoms with Crippen LogP contribution in [0.2, 0.25) is 0 Å². The lowest BCUT2D eigenvalue weighted by molar-refractivity contribution is 0.414. The molecule has 0 fully saturated rings. The summed E-state index contributed by atoms with van der Waals surface area (Å²) in [6, 6.07) is 8.26. The van der Waals surface area contributed by atoms with Crippen LogP contribution in [0.4, 0.5) is 0 Å². The van der Waals surface area contributed by atoms with Gasteiger partial charge in [-0.2, -0.15) is 11.8 Å². The number of rotatable bonds is 10. The van der Waals surface area contributed by atoms with Crippen LogP contribution in [0.25, 0.3) is 0 Å². The lowest BCUT2D eigenvalue weighted by atomic mass is 10.2. The van der Waals surface area contributed by atoms with Crippen LogP contribution < -0.4 is 10.1 Å². The first-order chi connectivity index (χ1) is 8.86. The average molecular weight is 267 g/mol. The van der Waals surface area contributed by atoms with Crippen molar-refractivity contribution in [3.8, 4) is 5.75 Å². The first-order valence-electron chi connectivity index (χ1n) is 6.69. The Morgan fingerprint density at radius 3 is 2.44 bits per heavy atom. The van der Waals surface area contributed by atoms with Gasteiger partial charge in [0.25, 0.3) is 0 Å². The maximum Gasteiger partial charge on any atom is 0.118 e. The Bertz CT molecular complexity index is 300. The van der Waals surface area contributed by atoms with E-state index < -0.39 is 0 Å². The third-order valence-corrected chi connectivity index (χ3v) is 3.64. The van der Waals surface area contributed by atoms with Gasteiger partial charge in [0, 0.05) is 6.54 Å². The highest BCUT2D eigenvalue weighted by molar-refractivity contribution is 7.98. The van der Waals surface area contributed by atoms with E-state index in [9.17, 15) is 0 Å². The van der Waals surface area contributed by atoms with Gasteiger partial charge in [-0.25, -0.2) is 0 Å². The topological polar surface area (TPSA) is 21.3 Å². The van der Waals surface area contributed by atoms with E-state index in [4.69, 9.17) is 4.74 Å². The van der Waals surface area contributed by atoms with Crippen molar-refractivity contribution in [3.05, 3.63) is 29.8 Å². The van der Waals surface area contributed by atoms with Gasteiger partial charge < -0.3 is 10.1 Å². The molecule has 0 saturated carbocycles. The molecule has 0 bridgehead atoms. The quantitative estimate of drug-likeness (QED) is 0.653. The molecule has 0 aliphatic rings. The number of benzene rings is 1. The van der Waals surface area contributed by atoms with Crippen molar-refractivity contribution in [3.63, 3.8) is 0 Å². The Morgan fingerprint density at radius 1 is 1.06 bits per heavy atom. The first-order valence-corrected chi connectivity index (χ1v) is 8.09. The van der Waals surface area contributed by atoms with Gasteiger partial charge in [0.2, 0.25) is 0 Å². The largest absolute Gasteiger partial charge is 0.497 e. The van der Waals surface area contributed by atoms with Gasteiger partial charge in [-0.1, -0.05) is 25.0 Å². The van der Waals surface area contributed by atoms with Crippen molar-refractivity contribution in [1.82, 2.24) is 5.32 Å². The van der Waals surface area contributed by atoms with E-state index in [2.05, 4.69) is 23.7 Å². The summed E-state index contributed by atoms with van der Waals surface area (Å²) in [6.45, 7) is 2.07. The molecular weight excluding hydrogens is 242 g/mol. The molecule has 1 aromatic carbocycles. The normalized spacial score (nSPS) is 10.6. The third-order valence-electron chi connectivity index (χ3n) is 2.94. The predicted octanol–water partition coefficient (Wildman–Crippen LogP) is 3.71. The molecule has 1 aromatic rings. The van der Waals surface area contributed by atoms with Crippen molar-refractivity contribution in [2.75, 3.05) is 25.7 Å². The molecule has 0 heterocycles. The summed E-state index contributed by atoms with van der Waals surface area (Å²) in [5, 5.41) is 3.48. The molecule has 0 unspecified atom stereocenters. The molecular formula is C15H25NOS. The minimum atomic E-state index is 0.924. The maximum absolute atomic E-state index is 5.14. The first kappa shape index (κ1) is 15.4. The molecule has 1 rings (SSSR count). The van der Waals surface area contributed by atoms with E-state index in [-0.39, 0.29) is 0 Å². The van der Waals surface area contributed by atoms with Crippen LogP contribution >= 0.6 is 11.8 Å². The minimum absolute atomic E-state index is 0.924. The van der Waals surface area contributed by atoms with Crippen LogP contribution in [0.15, 0.2) is 24.3 Å². The minimum Gasteiger partial charge on any atom is -0.497 e. The predicted molar refractivity (Wildman–Crippen MR) is 81.6 cm³/mol. The van der Waals surface area contributed by atoms with Gasteiger partial charge in [-0.15, -0.1) is 0 Å². The zero-order valence-electron chi connectivity index (χ0n) is 11.6. The third kappa shape index (κ3) is 6.92. The van der Waals surface area contributed by atoms with E-state index in [1.54, 1.807) is 7.11 Å². The van der Waals surface area contributed by atoms with Gasteiger partial charge in [-0.3, -0.25) is 0 Å². The maximum atomic E-state index is 5.14. The molecule has 0 aliphatic carbocycles. The van der Waals surface area contributed by atoms with Crippen molar-refractivity contribution in [1.29, 1.82) is 0 Å². The number of hydrogen-bond donors (Lipinski definition) is 1. The highest BCUT2D eigenvalue weighted by atomic mass is 32.2. The van der Waals surface area contributed by atoms with Gasteiger partial charge in [0.05, 0.1) is 7.11 Å². The second-order valence-corrected chi connectivity index (χ2v) is 5.42. The Kier molecular flexibility index (Phi) is 8.78. The van der Waals surface area contributed by atoms with E-state index in [1.807, 2.05) is 23.9 Å².